The summed E-state index contributed by atoms with van der Waals surface area (Å²) in [6, 6.07) is 16.1. The van der Waals surface area contributed by atoms with Gasteiger partial charge in [0.2, 0.25) is 0 Å². The van der Waals surface area contributed by atoms with E-state index in [-0.39, 0.29) is 32.7 Å². The molecule has 0 saturated carbocycles. The van der Waals surface area contributed by atoms with E-state index in [4.69, 9.17) is 10.5 Å². The first-order valence-electron chi connectivity index (χ1n) is 7.89. The number of hydrogen-bond donors (Lipinski definition) is 1. The van der Waals surface area contributed by atoms with Gasteiger partial charge in [-0.3, -0.25) is 11.9 Å². The number of nitrogen functional groups attached to an aromatic ring is 1. The van der Waals surface area contributed by atoms with Gasteiger partial charge in [0, 0.05) is 50.8 Å². The number of rotatable bonds is 5. The van der Waals surface area contributed by atoms with E-state index in [9.17, 15) is 0 Å². The SMILES string of the molecule is CC.COc1ccc(Cc2ccc(N)cc2)cc1.CS[N-]N1C=C1.[Y]. The van der Waals surface area contributed by atoms with Crippen LogP contribution in [-0.2, 0) is 39.1 Å². The number of benzene rings is 2. The minimum Gasteiger partial charge on any atom is -0.509 e. The van der Waals surface area contributed by atoms with Crippen molar-refractivity contribution < 1.29 is 37.4 Å². The molecule has 2 aromatic rings. The zero-order chi connectivity index (χ0) is 17.8. The molecular weight excluding hydrogens is 407 g/mol. The van der Waals surface area contributed by atoms with Gasteiger partial charge < -0.3 is 20.3 Å². The average Bonchev–Trinajstić information content (AvgIpc) is 3.45. The Morgan fingerprint density at radius 3 is 1.80 bits per heavy atom. The molecule has 1 aliphatic rings. The number of hydrogen-bond acceptors (Lipinski definition) is 4. The Hall–Kier alpha value is -1.01. The smallest absolute Gasteiger partial charge is 0.118 e. The molecule has 0 spiro atoms. The molecule has 0 aromatic heterocycles. The molecule has 25 heavy (non-hydrogen) atoms. The average molecular weight is 433 g/mol. The van der Waals surface area contributed by atoms with Crippen LogP contribution in [0.1, 0.15) is 25.0 Å². The van der Waals surface area contributed by atoms with Crippen molar-refractivity contribution in [2.24, 2.45) is 0 Å². The first kappa shape index (κ1) is 24.0. The van der Waals surface area contributed by atoms with E-state index < -0.39 is 0 Å². The van der Waals surface area contributed by atoms with Gasteiger partial charge in [0.05, 0.1) is 7.11 Å². The third kappa shape index (κ3) is 10.5. The number of nitrogens with two attached hydrogens (primary N) is 1. The molecule has 0 unspecified atom stereocenters. The minimum atomic E-state index is 0. The molecule has 6 heteroatoms. The normalized spacial score (nSPS) is 10.5. The van der Waals surface area contributed by atoms with Crippen molar-refractivity contribution in [1.29, 1.82) is 0 Å². The third-order valence-corrected chi connectivity index (χ3v) is 3.36. The van der Waals surface area contributed by atoms with E-state index in [1.54, 1.807) is 12.1 Å². The van der Waals surface area contributed by atoms with Crippen LogP contribution in [0.3, 0.4) is 0 Å². The number of anilines is 1. The van der Waals surface area contributed by atoms with E-state index in [2.05, 4.69) is 29.1 Å². The van der Waals surface area contributed by atoms with E-state index in [1.165, 1.54) is 23.1 Å². The van der Waals surface area contributed by atoms with E-state index in [0.717, 1.165) is 17.9 Å². The van der Waals surface area contributed by atoms with E-state index >= 15 is 0 Å². The van der Waals surface area contributed by atoms with Crippen LogP contribution in [-0.4, -0.2) is 18.4 Å². The fourth-order valence-corrected chi connectivity index (χ4v) is 2.09. The summed E-state index contributed by atoms with van der Waals surface area (Å²) < 4.78 is 5.12. The summed E-state index contributed by atoms with van der Waals surface area (Å²) >= 11 is 1.46. The zero-order valence-corrected chi connectivity index (χ0v) is 19.0. The maximum atomic E-state index is 5.64. The predicted molar refractivity (Wildman–Crippen MR) is 106 cm³/mol. The standard InChI is InChI=1S/C14H15NO.C3H5N2S.C2H6.Y/c1-16-14-8-4-12(5-9-14)10-11-2-6-13(15)7-3-11;1-6-4-5-2-3-5;1-2;/h2-9H,10,15H2,1H3;2-3H,1H3;1-2H3;/q;-1;;. The summed E-state index contributed by atoms with van der Waals surface area (Å²) in [5, 5.41) is 1.77. The van der Waals surface area contributed by atoms with Gasteiger partial charge >= 0.3 is 0 Å². The summed E-state index contributed by atoms with van der Waals surface area (Å²) in [4.78, 5) is 3.88. The van der Waals surface area contributed by atoms with Crippen LogP contribution in [0.2, 0.25) is 0 Å². The molecule has 1 aliphatic heterocycles. The molecule has 0 aliphatic carbocycles. The van der Waals surface area contributed by atoms with Gasteiger partial charge in [0.15, 0.2) is 0 Å². The van der Waals surface area contributed by atoms with Crippen molar-refractivity contribution in [2.75, 3.05) is 19.1 Å². The van der Waals surface area contributed by atoms with Crippen LogP contribution in [0, 0.1) is 0 Å². The van der Waals surface area contributed by atoms with Crippen molar-refractivity contribution in [1.82, 2.24) is 5.01 Å². The summed E-state index contributed by atoms with van der Waals surface area (Å²) in [5.74, 6) is 0.890. The molecule has 3 rings (SSSR count). The molecule has 2 N–H and O–H groups in total. The summed E-state index contributed by atoms with van der Waals surface area (Å²) in [6.07, 6.45) is 6.65. The molecule has 0 fully saturated rings. The molecule has 4 nitrogen and oxygen atoms in total. The Kier molecular flexibility index (Phi) is 13.6. The van der Waals surface area contributed by atoms with Gasteiger partial charge in [-0.05, 0) is 48.1 Å². The Balaban J connectivity index is 0.000000540. The molecule has 0 bridgehead atoms. The zero-order valence-electron chi connectivity index (χ0n) is 15.3. The quantitative estimate of drug-likeness (QED) is 0.518. The van der Waals surface area contributed by atoms with Gasteiger partial charge in [0.25, 0.3) is 0 Å². The molecule has 2 aromatic carbocycles. The molecule has 1 heterocycles. The Bertz CT molecular complexity index is 597. The molecule has 1 radical (unpaired) electrons. The number of nitrogens with zero attached hydrogens (tertiary/aromatic N) is 2. The van der Waals surface area contributed by atoms with Gasteiger partial charge in [-0.2, -0.15) is 0 Å². The van der Waals surface area contributed by atoms with E-state index in [0.29, 0.717) is 0 Å². The Labute approximate surface area is 181 Å². The van der Waals surface area contributed by atoms with Gasteiger partial charge in [-0.25, -0.2) is 0 Å². The van der Waals surface area contributed by atoms with Crippen molar-refractivity contribution in [2.45, 2.75) is 20.3 Å². The maximum Gasteiger partial charge on any atom is 0.118 e. The Morgan fingerprint density at radius 2 is 1.44 bits per heavy atom. The van der Waals surface area contributed by atoms with Crippen LogP contribution in [0.25, 0.3) is 4.83 Å². The molecular formula is C19H26N3OSY-. The van der Waals surface area contributed by atoms with Crippen LogP contribution in [0.4, 0.5) is 5.69 Å². The number of methoxy groups -OCH3 is 1. The van der Waals surface area contributed by atoms with Crippen LogP contribution in [0.15, 0.2) is 60.9 Å². The first-order chi connectivity index (χ1) is 11.7. The topological polar surface area (TPSA) is 52.4 Å². The van der Waals surface area contributed by atoms with Crippen LogP contribution >= 0.6 is 11.9 Å². The molecule has 0 amide bonds. The summed E-state index contributed by atoms with van der Waals surface area (Å²) in [7, 11) is 1.68. The fourth-order valence-electron chi connectivity index (χ4n) is 1.79. The summed E-state index contributed by atoms with van der Waals surface area (Å²) in [5.41, 5.74) is 8.98. The maximum absolute atomic E-state index is 5.64. The third-order valence-electron chi connectivity index (χ3n) is 3.01. The summed E-state index contributed by atoms with van der Waals surface area (Å²) in [6.45, 7) is 4.00. The van der Waals surface area contributed by atoms with Crippen molar-refractivity contribution in [3.8, 4) is 5.75 Å². The van der Waals surface area contributed by atoms with Gasteiger partial charge in [-0.1, -0.05) is 38.1 Å². The largest absolute Gasteiger partial charge is 0.509 e. The van der Waals surface area contributed by atoms with Crippen LogP contribution < -0.4 is 10.5 Å². The van der Waals surface area contributed by atoms with Gasteiger partial charge in [0.1, 0.15) is 5.75 Å². The predicted octanol–water partition coefficient (Wildman–Crippen LogP) is 5.23. The first-order valence-corrected chi connectivity index (χ1v) is 9.07. The van der Waals surface area contributed by atoms with Crippen molar-refractivity contribution in [3.05, 3.63) is 76.9 Å². The van der Waals surface area contributed by atoms with Crippen molar-refractivity contribution in [3.63, 3.8) is 0 Å². The molecule has 0 atom stereocenters. The monoisotopic (exact) mass is 433 g/mol. The van der Waals surface area contributed by atoms with Gasteiger partial charge in [-0.15, -0.1) is 0 Å². The molecule has 0 saturated heterocycles. The van der Waals surface area contributed by atoms with Crippen LogP contribution in [0.5, 0.6) is 5.75 Å². The van der Waals surface area contributed by atoms with Crippen molar-refractivity contribution >= 4 is 17.6 Å². The second-order valence-corrected chi connectivity index (χ2v) is 5.24. The Morgan fingerprint density at radius 1 is 0.960 bits per heavy atom. The second kappa shape index (κ2) is 14.2. The second-order valence-electron chi connectivity index (χ2n) is 4.71. The van der Waals surface area contributed by atoms with E-state index in [1.807, 2.05) is 56.8 Å². The number of ether oxygens (including phenoxy) is 1. The fraction of sp³-hybridized carbons (Fsp3) is 0.263. The molecule has 133 valence electrons. The minimum absolute atomic E-state index is 0.